The highest BCUT2D eigenvalue weighted by Crippen LogP contribution is 2.24. The zero-order valence-corrected chi connectivity index (χ0v) is 12.1. The van der Waals surface area contributed by atoms with Crippen LogP contribution in [0.3, 0.4) is 0 Å². The lowest BCUT2D eigenvalue weighted by molar-refractivity contribution is -0.142. The summed E-state index contributed by atoms with van der Waals surface area (Å²) in [4.78, 5) is 22.6. The first-order chi connectivity index (χ1) is 8.88. The van der Waals surface area contributed by atoms with Crippen molar-refractivity contribution in [3.63, 3.8) is 0 Å². The number of urea groups is 1. The molecule has 0 radical (unpaired) electrons. The largest absolute Gasteiger partial charge is 0.481 e. The van der Waals surface area contributed by atoms with Gasteiger partial charge in [0.1, 0.15) is 0 Å². The van der Waals surface area contributed by atoms with Gasteiger partial charge >= 0.3 is 12.0 Å². The third kappa shape index (κ3) is 5.94. The van der Waals surface area contributed by atoms with Crippen molar-refractivity contribution >= 4 is 12.0 Å². The molecule has 1 aliphatic rings. The fourth-order valence-corrected chi connectivity index (χ4v) is 2.70. The Kier molecular flexibility index (Phi) is 6.12. The van der Waals surface area contributed by atoms with Gasteiger partial charge in [0.2, 0.25) is 0 Å². The number of amides is 2. The van der Waals surface area contributed by atoms with Crippen LogP contribution < -0.4 is 10.6 Å². The van der Waals surface area contributed by atoms with Crippen LogP contribution in [0, 0.1) is 11.8 Å². The molecule has 1 saturated carbocycles. The minimum Gasteiger partial charge on any atom is -0.481 e. The molecule has 1 rings (SSSR count). The van der Waals surface area contributed by atoms with Gasteiger partial charge in [-0.1, -0.05) is 13.8 Å². The van der Waals surface area contributed by atoms with E-state index in [1.54, 1.807) is 0 Å². The topological polar surface area (TPSA) is 78.4 Å². The van der Waals surface area contributed by atoms with Crippen LogP contribution in [-0.2, 0) is 4.79 Å². The Bertz CT molecular complexity index is 310. The van der Waals surface area contributed by atoms with Crippen molar-refractivity contribution in [1.29, 1.82) is 0 Å². The van der Waals surface area contributed by atoms with Gasteiger partial charge in [-0.15, -0.1) is 0 Å². The van der Waals surface area contributed by atoms with Crippen LogP contribution in [0.1, 0.15) is 52.9 Å². The van der Waals surface area contributed by atoms with E-state index >= 15 is 0 Å². The summed E-state index contributed by atoms with van der Waals surface area (Å²) in [6.45, 7) is 6.26. The Balaban J connectivity index is 2.25. The summed E-state index contributed by atoms with van der Waals surface area (Å²) in [5.41, 5.74) is 0. The molecule has 0 aromatic rings. The van der Waals surface area contributed by atoms with Gasteiger partial charge in [0, 0.05) is 12.1 Å². The van der Waals surface area contributed by atoms with Crippen LogP contribution >= 0.6 is 0 Å². The smallest absolute Gasteiger partial charge is 0.315 e. The lowest BCUT2D eigenvalue weighted by Gasteiger charge is -2.27. The Morgan fingerprint density at radius 3 is 2.21 bits per heavy atom. The number of hydrogen-bond donors (Lipinski definition) is 3. The lowest BCUT2D eigenvalue weighted by Crippen LogP contribution is -2.47. The standard InChI is InChI=1S/C14H26N2O3/c1-9(2)8-10(3)15-14(19)16-12-6-4-11(5-7-12)13(17)18/h9-12H,4-8H2,1-3H3,(H,17,18)(H2,15,16,19). The second-order valence-corrected chi connectivity index (χ2v) is 6.04. The molecule has 5 heteroatoms. The average Bonchev–Trinajstić information content (AvgIpc) is 2.27. The van der Waals surface area contributed by atoms with Crippen LogP contribution in [0.15, 0.2) is 0 Å². The molecule has 5 nitrogen and oxygen atoms in total. The van der Waals surface area contributed by atoms with Gasteiger partial charge in [0.05, 0.1) is 5.92 Å². The highest BCUT2D eigenvalue weighted by atomic mass is 16.4. The number of nitrogens with one attached hydrogen (secondary N) is 2. The summed E-state index contributed by atoms with van der Waals surface area (Å²) in [5, 5.41) is 14.8. The summed E-state index contributed by atoms with van der Waals surface area (Å²) >= 11 is 0. The number of carbonyl (C=O) groups excluding carboxylic acids is 1. The van der Waals surface area contributed by atoms with Crippen molar-refractivity contribution in [3.05, 3.63) is 0 Å². The summed E-state index contributed by atoms with van der Waals surface area (Å²) in [6, 6.07) is 0.143. The van der Waals surface area contributed by atoms with E-state index in [4.69, 9.17) is 5.11 Å². The molecule has 0 saturated heterocycles. The average molecular weight is 270 g/mol. The third-order valence-electron chi connectivity index (χ3n) is 3.61. The van der Waals surface area contributed by atoms with Gasteiger partial charge < -0.3 is 15.7 Å². The van der Waals surface area contributed by atoms with Crippen LogP contribution in [0.2, 0.25) is 0 Å². The molecule has 1 unspecified atom stereocenters. The Morgan fingerprint density at radius 2 is 1.74 bits per heavy atom. The van der Waals surface area contributed by atoms with Crippen molar-refractivity contribution < 1.29 is 14.7 Å². The van der Waals surface area contributed by atoms with Gasteiger partial charge in [-0.25, -0.2) is 4.79 Å². The Labute approximate surface area is 115 Å². The molecule has 19 heavy (non-hydrogen) atoms. The van der Waals surface area contributed by atoms with Gasteiger partial charge in [-0.05, 0) is 44.9 Å². The predicted octanol–water partition coefficient (Wildman–Crippen LogP) is 2.36. The van der Waals surface area contributed by atoms with E-state index in [-0.39, 0.29) is 24.0 Å². The van der Waals surface area contributed by atoms with Gasteiger partial charge in [0.15, 0.2) is 0 Å². The van der Waals surface area contributed by atoms with Gasteiger partial charge in [0.25, 0.3) is 0 Å². The first-order valence-corrected chi connectivity index (χ1v) is 7.18. The van der Waals surface area contributed by atoms with Crippen LogP contribution in [0.25, 0.3) is 0 Å². The van der Waals surface area contributed by atoms with Crippen molar-refractivity contribution in [2.75, 3.05) is 0 Å². The van der Waals surface area contributed by atoms with E-state index in [1.165, 1.54) is 0 Å². The summed E-state index contributed by atoms with van der Waals surface area (Å²) in [7, 11) is 0. The maximum atomic E-state index is 11.8. The molecule has 1 aliphatic carbocycles. The van der Waals surface area contributed by atoms with Crippen molar-refractivity contribution in [2.45, 2.75) is 65.0 Å². The lowest BCUT2D eigenvalue weighted by atomic mass is 9.86. The van der Waals surface area contributed by atoms with Crippen molar-refractivity contribution in [1.82, 2.24) is 10.6 Å². The van der Waals surface area contributed by atoms with E-state index in [0.29, 0.717) is 18.8 Å². The number of rotatable bonds is 5. The summed E-state index contributed by atoms with van der Waals surface area (Å²) in [6.07, 6.45) is 3.77. The van der Waals surface area contributed by atoms with Crippen molar-refractivity contribution in [3.8, 4) is 0 Å². The first-order valence-electron chi connectivity index (χ1n) is 7.18. The molecule has 0 aromatic carbocycles. The molecular formula is C14H26N2O3. The number of carboxylic acids is 1. The monoisotopic (exact) mass is 270 g/mol. The maximum Gasteiger partial charge on any atom is 0.315 e. The van der Waals surface area contributed by atoms with Crippen LogP contribution in [0.5, 0.6) is 0 Å². The molecule has 3 N–H and O–H groups in total. The summed E-state index contributed by atoms with van der Waals surface area (Å²) in [5.74, 6) is -0.393. The second-order valence-electron chi connectivity index (χ2n) is 6.04. The van der Waals surface area contributed by atoms with Crippen LogP contribution in [-0.4, -0.2) is 29.2 Å². The van der Waals surface area contributed by atoms with E-state index in [0.717, 1.165) is 19.3 Å². The third-order valence-corrected chi connectivity index (χ3v) is 3.61. The van der Waals surface area contributed by atoms with E-state index in [9.17, 15) is 9.59 Å². The number of aliphatic carboxylic acids is 1. The molecule has 2 amide bonds. The number of hydrogen-bond acceptors (Lipinski definition) is 2. The maximum absolute atomic E-state index is 11.8. The fourth-order valence-electron chi connectivity index (χ4n) is 2.70. The number of carbonyl (C=O) groups is 2. The quantitative estimate of drug-likeness (QED) is 0.717. The minimum atomic E-state index is -0.714. The zero-order valence-electron chi connectivity index (χ0n) is 12.1. The molecule has 1 fully saturated rings. The van der Waals surface area contributed by atoms with Gasteiger partial charge in [-0.3, -0.25) is 4.79 Å². The molecule has 0 bridgehead atoms. The minimum absolute atomic E-state index is 0.113. The zero-order chi connectivity index (χ0) is 14.4. The highest BCUT2D eigenvalue weighted by molar-refractivity contribution is 5.74. The second kappa shape index (κ2) is 7.36. The fraction of sp³-hybridized carbons (Fsp3) is 0.857. The molecule has 0 aromatic heterocycles. The number of carboxylic acid groups (broad SMARTS) is 1. The van der Waals surface area contributed by atoms with E-state index in [1.807, 2.05) is 6.92 Å². The SMILES string of the molecule is CC(C)CC(C)NC(=O)NC1CCC(C(=O)O)CC1. The Hall–Kier alpha value is -1.26. The molecule has 0 aliphatic heterocycles. The first kappa shape index (κ1) is 15.8. The molecule has 110 valence electrons. The highest BCUT2D eigenvalue weighted by Gasteiger charge is 2.26. The molecule has 1 atom stereocenters. The van der Waals surface area contributed by atoms with Crippen molar-refractivity contribution in [2.24, 2.45) is 11.8 Å². The van der Waals surface area contributed by atoms with E-state index < -0.39 is 5.97 Å². The van der Waals surface area contributed by atoms with Crippen LogP contribution in [0.4, 0.5) is 4.79 Å². The molecule has 0 heterocycles. The van der Waals surface area contributed by atoms with Gasteiger partial charge in [-0.2, -0.15) is 0 Å². The normalized spacial score (nSPS) is 24.8. The summed E-state index contributed by atoms with van der Waals surface area (Å²) < 4.78 is 0. The Morgan fingerprint density at radius 1 is 1.16 bits per heavy atom. The predicted molar refractivity (Wildman–Crippen MR) is 74.0 cm³/mol. The molecule has 0 spiro atoms. The molecular weight excluding hydrogens is 244 g/mol. The van der Waals surface area contributed by atoms with E-state index in [2.05, 4.69) is 24.5 Å².